The maximum atomic E-state index is 3.46. The van der Waals surface area contributed by atoms with Crippen LogP contribution in [-0.4, -0.2) is 18.3 Å². The van der Waals surface area contributed by atoms with Crippen molar-refractivity contribution < 1.29 is 0 Å². The Morgan fingerprint density at radius 1 is 1.29 bits per heavy atom. The lowest BCUT2D eigenvalue weighted by atomic mass is 9.91. The summed E-state index contributed by atoms with van der Waals surface area (Å²) in [5.74, 6) is 0.975. The van der Waals surface area contributed by atoms with Crippen LogP contribution in [0.4, 0.5) is 0 Å². The molecule has 1 atom stereocenters. The van der Waals surface area contributed by atoms with Crippen LogP contribution in [0.2, 0.25) is 0 Å². The van der Waals surface area contributed by atoms with Crippen molar-refractivity contribution in [1.29, 1.82) is 0 Å². The summed E-state index contributed by atoms with van der Waals surface area (Å²) in [6.45, 7) is 4.76. The molecule has 0 saturated carbocycles. The predicted molar refractivity (Wildman–Crippen MR) is 64.6 cm³/mol. The van der Waals surface area contributed by atoms with Crippen LogP contribution in [0.1, 0.15) is 39.0 Å². The maximum absolute atomic E-state index is 3.46. The van der Waals surface area contributed by atoms with Crippen LogP contribution in [0.3, 0.4) is 0 Å². The van der Waals surface area contributed by atoms with E-state index in [9.17, 15) is 0 Å². The number of thioether (sulfide) groups is 1. The van der Waals surface area contributed by atoms with E-state index in [-0.39, 0.29) is 0 Å². The molecule has 0 aromatic heterocycles. The standard InChI is InChI=1S/C12H21NS/c1-10-4-2-3-5-12(14-10)11-6-8-13-9-7-11/h4,11-13H,2-3,5-9H2,1H3. The lowest BCUT2D eigenvalue weighted by molar-refractivity contribution is 0.354. The average molecular weight is 211 g/mol. The first-order chi connectivity index (χ1) is 6.86. The zero-order valence-corrected chi connectivity index (χ0v) is 9.91. The van der Waals surface area contributed by atoms with Crippen molar-refractivity contribution >= 4 is 11.8 Å². The molecule has 0 aromatic rings. The minimum absolute atomic E-state index is 0.913. The Labute approximate surface area is 91.7 Å². The highest BCUT2D eigenvalue weighted by Gasteiger charge is 2.24. The molecule has 2 aliphatic heterocycles. The molecule has 0 bridgehead atoms. The van der Waals surface area contributed by atoms with Crippen LogP contribution < -0.4 is 5.32 Å². The Bertz CT molecular complexity index is 206. The highest BCUT2D eigenvalue weighted by atomic mass is 32.2. The number of piperidine rings is 1. The summed E-state index contributed by atoms with van der Waals surface area (Å²) < 4.78 is 0. The Kier molecular flexibility index (Phi) is 3.94. The molecule has 1 saturated heterocycles. The van der Waals surface area contributed by atoms with Crippen LogP contribution in [0.15, 0.2) is 11.0 Å². The molecule has 0 amide bonds. The number of nitrogens with one attached hydrogen (secondary N) is 1. The fourth-order valence-electron chi connectivity index (χ4n) is 2.52. The van der Waals surface area contributed by atoms with Gasteiger partial charge in [-0.05, 0) is 62.9 Å². The van der Waals surface area contributed by atoms with Gasteiger partial charge in [0.1, 0.15) is 0 Å². The van der Waals surface area contributed by atoms with Gasteiger partial charge in [-0.3, -0.25) is 0 Å². The number of hydrogen-bond acceptors (Lipinski definition) is 2. The fraction of sp³-hybridized carbons (Fsp3) is 0.833. The fourth-order valence-corrected chi connectivity index (χ4v) is 3.96. The highest BCUT2D eigenvalue weighted by Crippen LogP contribution is 2.37. The minimum Gasteiger partial charge on any atom is -0.317 e. The molecule has 80 valence electrons. The smallest absolute Gasteiger partial charge is 0.0120 e. The van der Waals surface area contributed by atoms with Gasteiger partial charge in [-0.1, -0.05) is 6.08 Å². The van der Waals surface area contributed by atoms with Crippen molar-refractivity contribution in [2.24, 2.45) is 5.92 Å². The molecule has 0 aliphatic carbocycles. The first-order valence-electron chi connectivity index (χ1n) is 5.90. The Balaban J connectivity index is 1.91. The quantitative estimate of drug-likeness (QED) is 0.715. The highest BCUT2D eigenvalue weighted by molar-refractivity contribution is 8.03. The monoisotopic (exact) mass is 211 g/mol. The van der Waals surface area contributed by atoms with E-state index in [1.807, 2.05) is 0 Å². The van der Waals surface area contributed by atoms with Crippen LogP contribution in [-0.2, 0) is 0 Å². The lowest BCUT2D eigenvalue weighted by Crippen LogP contribution is -2.32. The molecule has 14 heavy (non-hydrogen) atoms. The molecule has 1 nitrogen and oxygen atoms in total. The third kappa shape index (κ3) is 2.77. The van der Waals surface area contributed by atoms with Crippen LogP contribution in [0, 0.1) is 5.92 Å². The Morgan fingerprint density at radius 3 is 2.86 bits per heavy atom. The van der Waals surface area contributed by atoms with E-state index >= 15 is 0 Å². The van der Waals surface area contributed by atoms with E-state index in [1.165, 1.54) is 45.2 Å². The summed E-state index contributed by atoms with van der Waals surface area (Å²) in [6, 6.07) is 0. The van der Waals surface area contributed by atoms with Gasteiger partial charge in [0.15, 0.2) is 0 Å². The summed E-state index contributed by atoms with van der Waals surface area (Å²) >= 11 is 2.15. The molecular formula is C12H21NS. The van der Waals surface area contributed by atoms with Crippen molar-refractivity contribution in [1.82, 2.24) is 5.32 Å². The van der Waals surface area contributed by atoms with Crippen LogP contribution >= 0.6 is 11.8 Å². The molecule has 1 N–H and O–H groups in total. The van der Waals surface area contributed by atoms with Crippen molar-refractivity contribution in [3.05, 3.63) is 11.0 Å². The zero-order chi connectivity index (χ0) is 9.80. The molecule has 1 unspecified atom stereocenters. The molecule has 0 radical (unpaired) electrons. The van der Waals surface area contributed by atoms with Gasteiger partial charge in [0.2, 0.25) is 0 Å². The Morgan fingerprint density at radius 2 is 2.07 bits per heavy atom. The largest absolute Gasteiger partial charge is 0.317 e. The van der Waals surface area contributed by atoms with Crippen molar-refractivity contribution in [3.63, 3.8) is 0 Å². The molecule has 2 heterocycles. The van der Waals surface area contributed by atoms with E-state index in [2.05, 4.69) is 30.1 Å². The molecular weight excluding hydrogens is 190 g/mol. The van der Waals surface area contributed by atoms with Gasteiger partial charge in [0.05, 0.1) is 0 Å². The molecule has 1 fully saturated rings. The number of rotatable bonds is 1. The second-order valence-electron chi connectivity index (χ2n) is 4.49. The van der Waals surface area contributed by atoms with Crippen molar-refractivity contribution in [2.45, 2.75) is 44.3 Å². The Hall–Kier alpha value is 0.0500. The van der Waals surface area contributed by atoms with E-state index in [4.69, 9.17) is 0 Å². The SMILES string of the molecule is CC1=CCCCC(C2CCNCC2)S1. The second-order valence-corrected chi connectivity index (χ2v) is 5.97. The second kappa shape index (κ2) is 5.22. The van der Waals surface area contributed by atoms with Gasteiger partial charge in [-0.2, -0.15) is 0 Å². The van der Waals surface area contributed by atoms with Crippen molar-refractivity contribution in [3.8, 4) is 0 Å². The van der Waals surface area contributed by atoms with E-state index in [0.717, 1.165) is 11.2 Å². The average Bonchev–Trinajstić information content (AvgIpc) is 2.44. The van der Waals surface area contributed by atoms with E-state index in [0.29, 0.717) is 0 Å². The predicted octanol–water partition coefficient (Wildman–Crippen LogP) is 3.18. The lowest BCUT2D eigenvalue weighted by Gasteiger charge is -2.29. The molecule has 0 aromatic carbocycles. The third-order valence-corrected chi connectivity index (χ3v) is 4.83. The summed E-state index contributed by atoms with van der Waals surface area (Å²) in [5, 5.41) is 4.37. The number of allylic oxidation sites excluding steroid dienone is 2. The summed E-state index contributed by atoms with van der Waals surface area (Å²) in [5.41, 5.74) is 0. The molecule has 2 heteroatoms. The first kappa shape index (κ1) is 10.6. The summed E-state index contributed by atoms with van der Waals surface area (Å²) in [4.78, 5) is 1.56. The van der Waals surface area contributed by atoms with Crippen LogP contribution in [0.25, 0.3) is 0 Å². The minimum atomic E-state index is 0.913. The molecule has 0 spiro atoms. The van der Waals surface area contributed by atoms with Crippen molar-refractivity contribution in [2.75, 3.05) is 13.1 Å². The summed E-state index contributed by atoms with van der Waals surface area (Å²) in [6.07, 6.45) is 9.35. The zero-order valence-electron chi connectivity index (χ0n) is 9.09. The van der Waals surface area contributed by atoms with Gasteiger partial charge in [0, 0.05) is 5.25 Å². The third-order valence-electron chi connectivity index (χ3n) is 3.37. The number of hydrogen-bond donors (Lipinski definition) is 1. The summed E-state index contributed by atoms with van der Waals surface area (Å²) in [7, 11) is 0. The normalized spacial score (nSPS) is 30.9. The molecule has 2 rings (SSSR count). The van der Waals surface area contributed by atoms with Gasteiger partial charge < -0.3 is 5.32 Å². The topological polar surface area (TPSA) is 12.0 Å². The van der Waals surface area contributed by atoms with E-state index < -0.39 is 0 Å². The van der Waals surface area contributed by atoms with Gasteiger partial charge in [-0.15, -0.1) is 11.8 Å². The van der Waals surface area contributed by atoms with Gasteiger partial charge in [0.25, 0.3) is 0 Å². The first-order valence-corrected chi connectivity index (χ1v) is 6.78. The van der Waals surface area contributed by atoms with E-state index in [1.54, 1.807) is 4.91 Å². The van der Waals surface area contributed by atoms with Crippen LogP contribution in [0.5, 0.6) is 0 Å². The maximum Gasteiger partial charge on any atom is 0.0120 e. The van der Waals surface area contributed by atoms with Gasteiger partial charge in [-0.25, -0.2) is 0 Å². The molecule has 2 aliphatic rings. The van der Waals surface area contributed by atoms with Gasteiger partial charge >= 0.3 is 0 Å².